The normalized spacial score (nSPS) is 34.2. The quantitative estimate of drug-likeness (QED) is 0.493. The molecule has 0 radical (unpaired) electrons. The second-order valence-corrected chi connectivity index (χ2v) is 4.70. The second-order valence-electron chi connectivity index (χ2n) is 4.70. The zero-order chi connectivity index (χ0) is 9.80. The van der Waals surface area contributed by atoms with E-state index in [1.54, 1.807) is 7.11 Å². The van der Waals surface area contributed by atoms with Crippen molar-refractivity contribution in [2.75, 3.05) is 26.8 Å². The molecule has 0 aromatic carbocycles. The molecule has 2 bridgehead atoms. The summed E-state index contributed by atoms with van der Waals surface area (Å²) in [7, 11) is 1.78. The minimum atomic E-state index is 0.910. The van der Waals surface area contributed by atoms with Crippen molar-refractivity contribution in [3.8, 4) is 0 Å². The molecule has 2 aliphatic rings. The average molecular weight is 196 g/mol. The lowest BCUT2D eigenvalue weighted by atomic mass is 9.94. The van der Waals surface area contributed by atoms with Crippen molar-refractivity contribution >= 4 is 0 Å². The van der Waals surface area contributed by atoms with E-state index < -0.39 is 0 Å². The summed E-state index contributed by atoms with van der Waals surface area (Å²) in [5, 5.41) is 2.47. The Balaban J connectivity index is 1.56. The maximum Gasteiger partial charge on any atom is 0.0789 e. The minimum Gasteiger partial charge on any atom is -0.384 e. The Kier molecular flexibility index (Phi) is 3.60. The van der Waals surface area contributed by atoms with E-state index in [-0.39, 0.29) is 0 Å². The number of nitrogens with two attached hydrogens (primary N) is 1. The monoisotopic (exact) mass is 196 g/mol. The fourth-order valence-electron chi connectivity index (χ4n) is 2.87. The van der Waals surface area contributed by atoms with Gasteiger partial charge in [-0.1, -0.05) is 12.2 Å². The molecule has 0 amide bonds. The van der Waals surface area contributed by atoms with Crippen molar-refractivity contribution in [1.29, 1.82) is 0 Å². The molecular formula is C12H22NO+. The van der Waals surface area contributed by atoms with Gasteiger partial charge in [0.1, 0.15) is 0 Å². The zero-order valence-electron chi connectivity index (χ0n) is 9.11. The maximum atomic E-state index is 5.03. The maximum absolute atomic E-state index is 5.03. The summed E-state index contributed by atoms with van der Waals surface area (Å²) in [6.07, 6.45) is 8.94. The fourth-order valence-corrected chi connectivity index (χ4v) is 2.87. The molecule has 0 saturated heterocycles. The number of fused-ring (bicyclic) bond motifs is 2. The Labute approximate surface area is 86.7 Å². The van der Waals surface area contributed by atoms with E-state index in [2.05, 4.69) is 17.5 Å². The van der Waals surface area contributed by atoms with Crippen LogP contribution in [0.2, 0.25) is 0 Å². The molecule has 2 rings (SSSR count). The van der Waals surface area contributed by atoms with Gasteiger partial charge in [0.05, 0.1) is 19.7 Å². The molecule has 3 atom stereocenters. The molecule has 14 heavy (non-hydrogen) atoms. The predicted molar refractivity (Wildman–Crippen MR) is 57.0 cm³/mol. The number of hydrogen-bond acceptors (Lipinski definition) is 1. The Bertz CT molecular complexity index is 202. The molecule has 1 saturated carbocycles. The standard InChI is InChI=1S/C12H21NO/c1-14-6-2-5-13-9-12-8-10-3-4-11(12)7-10/h3-4,10-13H,2,5-9H2,1H3/p+1/t10-,11+,12-/m1/s1. The van der Waals surface area contributed by atoms with Crippen LogP contribution in [-0.2, 0) is 4.74 Å². The lowest BCUT2D eigenvalue weighted by Gasteiger charge is -2.15. The first-order valence-electron chi connectivity index (χ1n) is 5.89. The van der Waals surface area contributed by atoms with Gasteiger partial charge in [-0.2, -0.15) is 0 Å². The molecule has 2 N–H and O–H groups in total. The summed E-state index contributed by atoms with van der Waals surface area (Å²) in [5.74, 6) is 2.81. The molecule has 2 nitrogen and oxygen atoms in total. The predicted octanol–water partition coefficient (Wildman–Crippen LogP) is 0.798. The van der Waals surface area contributed by atoms with Gasteiger partial charge >= 0.3 is 0 Å². The molecule has 0 unspecified atom stereocenters. The van der Waals surface area contributed by atoms with Gasteiger partial charge in [-0.15, -0.1) is 0 Å². The van der Waals surface area contributed by atoms with Gasteiger partial charge in [-0.05, 0) is 24.7 Å². The number of allylic oxidation sites excluding steroid dienone is 2. The molecule has 0 aromatic rings. The third kappa shape index (κ3) is 2.37. The Hall–Kier alpha value is -0.340. The van der Waals surface area contributed by atoms with E-state index in [9.17, 15) is 0 Å². The van der Waals surface area contributed by atoms with Gasteiger partial charge in [0.25, 0.3) is 0 Å². The van der Waals surface area contributed by atoms with E-state index in [0.29, 0.717) is 0 Å². The molecule has 2 aliphatic carbocycles. The highest BCUT2D eigenvalue weighted by atomic mass is 16.5. The molecule has 2 heteroatoms. The van der Waals surface area contributed by atoms with Crippen molar-refractivity contribution in [3.05, 3.63) is 12.2 Å². The Morgan fingerprint density at radius 3 is 2.93 bits per heavy atom. The fraction of sp³-hybridized carbons (Fsp3) is 0.833. The summed E-state index contributed by atoms with van der Waals surface area (Å²) in [5.41, 5.74) is 0. The van der Waals surface area contributed by atoms with E-state index in [1.807, 2.05) is 0 Å². The van der Waals surface area contributed by atoms with Crippen LogP contribution in [-0.4, -0.2) is 26.8 Å². The van der Waals surface area contributed by atoms with Crippen LogP contribution in [0, 0.1) is 17.8 Å². The molecular weight excluding hydrogens is 174 g/mol. The van der Waals surface area contributed by atoms with Crippen LogP contribution < -0.4 is 5.32 Å². The van der Waals surface area contributed by atoms with Crippen molar-refractivity contribution < 1.29 is 10.1 Å². The number of ether oxygens (including phenoxy) is 1. The number of rotatable bonds is 6. The minimum absolute atomic E-state index is 0.910. The molecule has 0 spiro atoms. The second kappa shape index (κ2) is 4.94. The average Bonchev–Trinajstić information content (AvgIpc) is 2.79. The zero-order valence-corrected chi connectivity index (χ0v) is 9.11. The van der Waals surface area contributed by atoms with Crippen molar-refractivity contribution in [1.82, 2.24) is 0 Å². The molecule has 0 aliphatic heterocycles. The first kappa shape index (κ1) is 10.2. The van der Waals surface area contributed by atoms with Crippen LogP contribution in [0.1, 0.15) is 19.3 Å². The van der Waals surface area contributed by atoms with Crippen LogP contribution in [0.5, 0.6) is 0 Å². The van der Waals surface area contributed by atoms with Crippen LogP contribution in [0.15, 0.2) is 12.2 Å². The summed E-state index contributed by atoms with van der Waals surface area (Å²) in [4.78, 5) is 0. The molecule has 1 fully saturated rings. The first-order chi connectivity index (χ1) is 6.90. The van der Waals surface area contributed by atoms with E-state index in [4.69, 9.17) is 4.74 Å². The van der Waals surface area contributed by atoms with Crippen LogP contribution >= 0.6 is 0 Å². The third-order valence-electron chi connectivity index (χ3n) is 3.64. The highest BCUT2D eigenvalue weighted by Gasteiger charge is 2.36. The summed E-state index contributed by atoms with van der Waals surface area (Å²) in [6.45, 7) is 3.47. The first-order valence-corrected chi connectivity index (χ1v) is 5.89. The van der Waals surface area contributed by atoms with Crippen LogP contribution in [0.3, 0.4) is 0 Å². The van der Waals surface area contributed by atoms with Crippen LogP contribution in [0.25, 0.3) is 0 Å². The Morgan fingerprint density at radius 1 is 1.36 bits per heavy atom. The number of quaternary nitrogens is 1. The SMILES string of the molecule is COCCC[NH2+]C[C@H]1C[C@@H]2C=C[C@H]1C2. The third-order valence-corrected chi connectivity index (χ3v) is 3.64. The van der Waals surface area contributed by atoms with Gasteiger partial charge in [-0.25, -0.2) is 0 Å². The molecule has 0 aromatic heterocycles. The molecule has 0 heterocycles. The van der Waals surface area contributed by atoms with Gasteiger partial charge in [0.2, 0.25) is 0 Å². The number of methoxy groups -OCH3 is 1. The smallest absolute Gasteiger partial charge is 0.0789 e. The highest BCUT2D eigenvalue weighted by Crippen LogP contribution is 2.42. The lowest BCUT2D eigenvalue weighted by Crippen LogP contribution is -2.85. The number of hydrogen-bond donors (Lipinski definition) is 1. The summed E-state index contributed by atoms with van der Waals surface area (Å²) in [6, 6.07) is 0. The van der Waals surface area contributed by atoms with Crippen LogP contribution in [0.4, 0.5) is 0 Å². The van der Waals surface area contributed by atoms with Crippen molar-refractivity contribution in [2.24, 2.45) is 17.8 Å². The highest BCUT2D eigenvalue weighted by molar-refractivity contribution is 5.09. The topological polar surface area (TPSA) is 25.8 Å². The largest absolute Gasteiger partial charge is 0.384 e. The van der Waals surface area contributed by atoms with E-state index in [1.165, 1.54) is 32.4 Å². The van der Waals surface area contributed by atoms with Gasteiger partial charge in [-0.3, -0.25) is 0 Å². The molecule has 80 valence electrons. The summed E-state index contributed by atoms with van der Waals surface area (Å²) >= 11 is 0. The van der Waals surface area contributed by atoms with Gasteiger partial charge < -0.3 is 10.1 Å². The summed E-state index contributed by atoms with van der Waals surface area (Å²) < 4.78 is 5.03. The van der Waals surface area contributed by atoms with Crippen molar-refractivity contribution in [2.45, 2.75) is 19.3 Å². The lowest BCUT2D eigenvalue weighted by molar-refractivity contribution is -0.661. The van der Waals surface area contributed by atoms with Gasteiger partial charge in [0.15, 0.2) is 0 Å². The van der Waals surface area contributed by atoms with Crippen molar-refractivity contribution in [3.63, 3.8) is 0 Å². The van der Waals surface area contributed by atoms with Gasteiger partial charge in [0, 0.05) is 19.4 Å². The Morgan fingerprint density at radius 2 is 2.29 bits per heavy atom. The van der Waals surface area contributed by atoms with E-state index >= 15 is 0 Å². The van der Waals surface area contributed by atoms with E-state index in [0.717, 1.165) is 24.4 Å².